The van der Waals surface area contributed by atoms with Crippen LogP contribution in [0.5, 0.6) is 5.75 Å². The number of benzene rings is 2. The van der Waals surface area contributed by atoms with E-state index in [0.717, 1.165) is 18.2 Å². The van der Waals surface area contributed by atoms with Crippen LogP contribution < -0.4 is 26.4 Å². The number of anilines is 2. The summed E-state index contributed by atoms with van der Waals surface area (Å²) in [5.41, 5.74) is 5.41. The highest BCUT2D eigenvalue weighted by atomic mass is 35.5. The Morgan fingerprint density at radius 3 is 2.50 bits per heavy atom. The van der Waals surface area contributed by atoms with E-state index in [1.54, 1.807) is 18.2 Å². The van der Waals surface area contributed by atoms with Crippen LogP contribution >= 0.6 is 11.6 Å². The fourth-order valence-electron chi connectivity index (χ4n) is 2.15. The number of rotatable bonds is 6. The first-order chi connectivity index (χ1) is 13.2. The highest BCUT2D eigenvalue weighted by molar-refractivity contribution is 6.30. The molecule has 0 saturated carbocycles. The second kappa shape index (κ2) is 9.29. The molecule has 28 heavy (non-hydrogen) atoms. The third-order valence-corrected chi connectivity index (χ3v) is 3.46. The molecule has 0 bridgehead atoms. The van der Waals surface area contributed by atoms with Gasteiger partial charge in [0.15, 0.2) is 0 Å². The summed E-state index contributed by atoms with van der Waals surface area (Å²) >= 11 is 5.83. The Balaban J connectivity index is 2.25. The molecular formula is C17H16ClF3N4O3. The molecule has 0 spiro atoms. The first-order valence-corrected chi connectivity index (χ1v) is 8.27. The molecule has 0 unspecified atom stereocenters. The van der Waals surface area contributed by atoms with Gasteiger partial charge in [0.2, 0.25) is 0 Å². The van der Waals surface area contributed by atoms with Gasteiger partial charge in [0.05, 0.1) is 11.3 Å². The SMILES string of the molecule is NCCNC(=O)c1ccc(OC(F)(F)F)cc1NC(=O)Nc1cccc(Cl)c1. The minimum atomic E-state index is -4.93. The summed E-state index contributed by atoms with van der Waals surface area (Å²) in [4.78, 5) is 24.4. The number of hydrogen-bond donors (Lipinski definition) is 4. The molecule has 7 nitrogen and oxygen atoms in total. The van der Waals surface area contributed by atoms with Crippen molar-refractivity contribution in [1.29, 1.82) is 0 Å². The molecule has 0 aromatic heterocycles. The van der Waals surface area contributed by atoms with Gasteiger partial charge in [0.1, 0.15) is 5.75 Å². The molecule has 0 heterocycles. The van der Waals surface area contributed by atoms with Gasteiger partial charge in [-0.2, -0.15) is 0 Å². The number of carbonyl (C=O) groups excluding carboxylic acids is 2. The predicted molar refractivity (Wildman–Crippen MR) is 98.6 cm³/mol. The summed E-state index contributed by atoms with van der Waals surface area (Å²) in [6.45, 7) is 0.312. The average Bonchev–Trinajstić information content (AvgIpc) is 2.58. The molecule has 2 aromatic carbocycles. The van der Waals surface area contributed by atoms with Crippen LogP contribution in [0, 0.1) is 0 Å². The molecular weight excluding hydrogens is 401 g/mol. The van der Waals surface area contributed by atoms with Gasteiger partial charge >= 0.3 is 12.4 Å². The zero-order valence-electron chi connectivity index (χ0n) is 14.3. The van der Waals surface area contributed by atoms with Gasteiger partial charge in [-0.1, -0.05) is 17.7 Å². The fraction of sp³-hybridized carbons (Fsp3) is 0.176. The van der Waals surface area contributed by atoms with Gasteiger partial charge < -0.3 is 26.4 Å². The second-order valence-corrected chi connectivity index (χ2v) is 5.83. The van der Waals surface area contributed by atoms with E-state index in [0.29, 0.717) is 10.7 Å². The minimum Gasteiger partial charge on any atom is -0.406 e. The van der Waals surface area contributed by atoms with Crippen molar-refractivity contribution >= 4 is 34.9 Å². The van der Waals surface area contributed by atoms with Gasteiger partial charge in [-0.3, -0.25) is 4.79 Å². The van der Waals surface area contributed by atoms with Crippen molar-refractivity contribution in [2.45, 2.75) is 6.36 Å². The summed E-state index contributed by atoms with van der Waals surface area (Å²) in [5.74, 6) is -1.22. The van der Waals surface area contributed by atoms with Crippen molar-refractivity contribution in [1.82, 2.24) is 5.32 Å². The lowest BCUT2D eigenvalue weighted by Gasteiger charge is -2.15. The maximum Gasteiger partial charge on any atom is 0.573 e. The molecule has 3 amide bonds. The minimum absolute atomic E-state index is 0.0655. The summed E-state index contributed by atoms with van der Waals surface area (Å²) < 4.78 is 41.2. The number of nitrogens with two attached hydrogens (primary N) is 1. The van der Waals surface area contributed by atoms with Crippen molar-refractivity contribution in [3.63, 3.8) is 0 Å². The van der Waals surface area contributed by atoms with E-state index in [2.05, 4.69) is 20.7 Å². The Morgan fingerprint density at radius 2 is 1.86 bits per heavy atom. The van der Waals surface area contributed by atoms with Crippen LogP contribution in [0.15, 0.2) is 42.5 Å². The number of carbonyl (C=O) groups is 2. The number of hydrogen-bond acceptors (Lipinski definition) is 4. The highest BCUT2D eigenvalue weighted by Crippen LogP contribution is 2.28. The molecule has 0 atom stereocenters. The molecule has 11 heteroatoms. The second-order valence-electron chi connectivity index (χ2n) is 5.39. The molecule has 5 N–H and O–H groups in total. The summed E-state index contributed by atoms with van der Waals surface area (Å²) in [5, 5.41) is 7.63. The van der Waals surface area contributed by atoms with Crippen LogP contribution in [0.3, 0.4) is 0 Å². The van der Waals surface area contributed by atoms with E-state index in [1.807, 2.05) is 0 Å². The summed E-state index contributed by atoms with van der Waals surface area (Å²) in [6.07, 6.45) is -4.93. The van der Waals surface area contributed by atoms with Crippen LogP contribution in [0.25, 0.3) is 0 Å². The fourth-order valence-corrected chi connectivity index (χ4v) is 2.34. The molecule has 0 saturated heterocycles. The largest absolute Gasteiger partial charge is 0.573 e. The average molecular weight is 417 g/mol. The number of amides is 3. The summed E-state index contributed by atoms with van der Waals surface area (Å²) in [7, 11) is 0. The number of urea groups is 1. The van der Waals surface area contributed by atoms with Crippen LogP contribution in [-0.2, 0) is 0 Å². The third-order valence-electron chi connectivity index (χ3n) is 3.23. The number of alkyl halides is 3. The van der Waals surface area contributed by atoms with Crippen molar-refractivity contribution in [2.24, 2.45) is 5.73 Å². The quantitative estimate of drug-likeness (QED) is 0.577. The standard InChI is InChI=1S/C17H16ClF3N4O3/c18-10-2-1-3-11(8-10)24-16(27)25-14-9-12(28-17(19,20)21)4-5-13(14)15(26)23-7-6-22/h1-5,8-9H,6-7,22H2,(H,23,26)(H2,24,25,27). The van der Waals surface area contributed by atoms with Crippen molar-refractivity contribution in [3.05, 3.63) is 53.1 Å². The molecule has 2 rings (SSSR count). The lowest BCUT2D eigenvalue weighted by molar-refractivity contribution is -0.274. The Hall–Kier alpha value is -2.98. The maximum atomic E-state index is 12.5. The normalized spacial score (nSPS) is 10.9. The van der Waals surface area contributed by atoms with Crippen LogP contribution in [0.1, 0.15) is 10.4 Å². The monoisotopic (exact) mass is 416 g/mol. The van der Waals surface area contributed by atoms with Gasteiger partial charge in [-0.25, -0.2) is 4.79 Å². The smallest absolute Gasteiger partial charge is 0.406 e. The number of halogens is 4. The van der Waals surface area contributed by atoms with E-state index in [1.165, 1.54) is 6.07 Å². The lowest BCUT2D eigenvalue weighted by Crippen LogP contribution is -2.30. The van der Waals surface area contributed by atoms with Crippen LogP contribution in [0.4, 0.5) is 29.3 Å². The van der Waals surface area contributed by atoms with E-state index in [9.17, 15) is 22.8 Å². The van der Waals surface area contributed by atoms with E-state index in [-0.39, 0.29) is 24.3 Å². The van der Waals surface area contributed by atoms with Gasteiger partial charge in [-0.05, 0) is 30.3 Å². The summed E-state index contributed by atoms with van der Waals surface area (Å²) in [6, 6.07) is 8.39. The van der Waals surface area contributed by atoms with E-state index < -0.39 is 24.1 Å². The lowest BCUT2D eigenvalue weighted by atomic mass is 10.1. The highest BCUT2D eigenvalue weighted by Gasteiger charge is 2.31. The molecule has 2 aromatic rings. The molecule has 0 fully saturated rings. The topological polar surface area (TPSA) is 105 Å². The van der Waals surface area contributed by atoms with Gasteiger partial charge in [-0.15, -0.1) is 13.2 Å². The Morgan fingerprint density at radius 1 is 1.11 bits per heavy atom. The third kappa shape index (κ3) is 6.63. The van der Waals surface area contributed by atoms with Gasteiger partial charge in [0.25, 0.3) is 5.91 Å². The molecule has 0 radical (unpaired) electrons. The van der Waals surface area contributed by atoms with Crippen molar-refractivity contribution in [3.8, 4) is 5.75 Å². The molecule has 0 aliphatic heterocycles. The Bertz CT molecular complexity index is 862. The van der Waals surface area contributed by atoms with E-state index in [4.69, 9.17) is 17.3 Å². The first kappa shape index (κ1) is 21.3. The zero-order valence-corrected chi connectivity index (χ0v) is 15.0. The van der Waals surface area contributed by atoms with Crippen molar-refractivity contribution < 1.29 is 27.5 Å². The van der Waals surface area contributed by atoms with Crippen molar-refractivity contribution in [2.75, 3.05) is 23.7 Å². The molecule has 150 valence electrons. The number of nitrogens with one attached hydrogen (secondary N) is 3. The molecule has 0 aliphatic rings. The van der Waals surface area contributed by atoms with E-state index >= 15 is 0 Å². The molecule has 0 aliphatic carbocycles. The Kier molecular flexibility index (Phi) is 7.07. The Labute approximate surface area is 163 Å². The number of ether oxygens (including phenoxy) is 1. The predicted octanol–water partition coefficient (Wildman–Crippen LogP) is 3.57. The maximum absolute atomic E-state index is 12.5. The zero-order chi connectivity index (χ0) is 20.7. The first-order valence-electron chi connectivity index (χ1n) is 7.89. The van der Waals surface area contributed by atoms with Crippen LogP contribution in [0.2, 0.25) is 5.02 Å². The van der Waals surface area contributed by atoms with Gasteiger partial charge in [0, 0.05) is 29.9 Å². The van der Waals surface area contributed by atoms with Crippen LogP contribution in [-0.4, -0.2) is 31.4 Å².